The van der Waals surface area contributed by atoms with E-state index in [1.807, 2.05) is 18.2 Å². The highest BCUT2D eigenvalue weighted by Gasteiger charge is 2.22. The first-order chi connectivity index (χ1) is 13.2. The van der Waals surface area contributed by atoms with Gasteiger partial charge in [0.1, 0.15) is 0 Å². The van der Waals surface area contributed by atoms with Gasteiger partial charge < -0.3 is 9.64 Å². The van der Waals surface area contributed by atoms with E-state index in [1.54, 1.807) is 17.9 Å². The van der Waals surface area contributed by atoms with Gasteiger partial charge in [0.2, 0.25) is 0 Å². The Kier molecular flexibility index (Phi) is 5.38. The number of nitrogens with one attached hydrogen (secondary N) is 1. The van der Waals surface area contributed by atoms with Gasteiger partial charge >= 0.3 is 0 Å². The lowest BCUT2D eigenvalue weighted by Gasteiger charge is -2.30. The van der Waals surface area contributed by atoms with E-state index in [0.29, 0.717) is 11.6 Å². The lowest BCUT2D eigenvalue weighted by atomic mass is 10.2. The Balaban J connectivity index is 1.84. The molecular formula is C20H25ClN4O2. The van der Waals surface area contributed by atoms with Gasteiger partial charge in [-0.3, -0.25) is 14.8 Å². The Morgan fingerprint density at radius 3 is 2.81 bits per heavy atom. The standard InChI is InChI=1S/C20H25ClN4O2/c1-27-12-11-24-10-7-17-19(18(24)14-23-8-2-3-9-23)20(26)25(22-17)16-6-4-5-15(21)13-16/h4-7,13,22H,2-3,8-12,14H2,1H3. The second-order valence-electron chi connectivity index (χ2n) is 7.09. The molecule has 0 atom stereocenters. The molecule has 6 nitrogen and oxygen atoms in total. The number of hydrogen-bond donors (Lipinski definition) is 1. The van der Waals surface area contributed by atoms with Gasteiger partial charge in [-0.05, 0) is 50.2 Å². The molecule has 3 heterocycles. The molecule has 27 heavy (non-hydrogen) atoms. The molecule has 1 aromatic heterocycles. The number of aromatic nitrogens is 2. The summed E-state index contributed by atoms with van der Waals surface area (Å²) in [5.41, 5.74) is 1.81. The van der Waals surface area contributed by atoms with Crippen molar-refractivity contribution >= 4 is 23.4 Å². The molecule has 0 saturated carbocycles. The number of likely N-dealkylation sites (tertiary alicyclic amines) is 1. The summed E-state index contributed by atoms with van der Waals surface area (Å²) in [5, 5.41) is 5.54. The molecule has 0 amide bonds. The zero-order chi connectivity index (χ0) is 18.8. The highest BCUT2D eigenvalue weighted by atomic mass is 35.5. The maximum absolute atomic E-state index is 13.3. The third kappa shape index (κ3) is 3.70. The fourth-order valence-electron chi connectivity index (χ4n) is 3.91. The molecule has 2 aliphatic heterocycles. The lowest BCUT2D eigenvalue weighted by Crippen LogP contribution is -2.49. The van der Waals surface area contributed by atoms with Crippen molar-refractivity contribution in [3.8, 4) is 5.69 Å². The number of hydrogen-bond acceptors (Lipinski definition) is 4. The summed E-state index contributed by atoms with van der Waals surface area (Å²) >= 11 is 6.13. The number of halogens is 1. The van der Waals surface area contributed by atoms with Crippen molar-refractivity contribution in [2.45, 2.75) is 12.8 Å². The van der Waals surface area contributed by atoms with Crippen LogP contribution >= 0.6 is 11.6 Å². The summed E-state index contributed by atoms with van der Waals surface area (Å²) in [6.07, 6.45) is 4.54. The van der Waals surface area contributed by atoms with E-state index >= 15 is 0 Å². The fourth-order valence-corrected chi connectivity index (χ4v) is 4.09. The number of methoxy groups -OCH3 is 1. The molecule has 144 valence electrons. The van der Waals surface area contributed by atoms with Crippen LogP contribution in [0.5, 0.6) is 0 Å². The number of rotatable bonds is 6. The van der Waals surface area contributed by atoms with Crippen LogP contribution in [-0.2, 0) is 4.74 Å². The summed E-state index contributed by atoms with van der Waals surface area (Å²) < 4.78 is 6.87. The molecule has 1 saturated heterocycles. The van der Waals surface area contributed by atoms with Gasteiger partial charge in [-0.25, -0.2) is 4.68 Å². The molecule has 0 bridgehead atoms. The van der Waals surface area contributed by atoms with Crippen molar-refractivity contribution < 1.29 is 4.74 Å². The number of fused-ring (bicyclic) bond motifs is 1. The summed E-state index contributed by atoms with van der Waals surface area (Å²) in [7, 11) is 1.71. The van der Waals surface area contributed by atoms with Crippen LogP contribution in [0.25, 0.3) is 17.5 Å². The second-order valence-corrected chi connectivity index (χ2v) is 7.53. The minimum atomic E-state index is -0.0279. The quantitative estimate of drug-likeness (QED) is 0.794. The third-order valence-corrected chi connectivity index (χ3v) is 5.54. The smallest absolute Gasteiger partial charge is 0.280 e. The highest BCUT2D eigenvalue weighted by molar-refractivity contribution is 6.30. The van der Waals surface area contributed by atoms with Crippen molar-refractivity contribution in [2.75, 3.05) is 46.4 Å². The first kappa shape index (κ1) is 18.3. The van der Waals surface area contributed by atoms with Crippen LogP contribution in [0.1, 0.15) is 12.8 Å². The van der Waals surface area contributed by atoms with Crippen molar-refractivity contribution in [2.24, 2.45) is 0 Å². The van der Waals surface area contributed by atoms with Crippen LogP contribution in [0, 0.1) is 0 Å². The third-order valence-electron chi connectivity index (χ3n) is 5.31. The molecule has 1 fully saturated rings. The molecule has 2 aromatic rings. The average molecular weight is 389 g/mol. The Bertz CT molecular complexity index is 988. The van der Waals surface area contributed by atoms with E-state index in [1.165, 1.54) is 12.8 Å². The molecule has 7 heteroatoms. The topological polar surface area (TPSA) is 53.5 Å². The Hall–Kier alpha value is -2.02. The monoisotopic (exact) mass is 388 g/mol. The predicted molar refractivity (Wildman–Crippen MR) is 108 cm³/mol. The van der Waals surface area contributed by atoms with Gasteiger partial charge in [0, 0.05) is 37.5 Å². The van der Waals surface area contributed by atoms with Crippen LogP contribution in [0.15, 0.2) is 29.1 Å². The Morgan fingerprint density at radius 1 is 1.26 bits per heavy atom. The van der Waals surface area contributed by atoms with E-state index < -0.39 is 0 Å². The zero-order valence-corrected chi connectivity index (χ0v) is 16.3. The van der Waals surface area contributed by atoms with Crippen molar-refractivity contribution in [3.05, 3.63) is 50.2 Å². The minimum Gasteiger partial charge on any atom is -0.383 e. The SMILES string of the molecule is COCCN1CC=c2[nH]n(-c3cccc(Cl)c3)c(=O)c2=C1CN1CCCC1. The van der Waals surface area contributed by atoms with E-state index in [0.717, 1.165) is 54.7 Å². The van der Waals surface area contributed by atoms with E-state index in [9.17, 15) is 4.79 Å². The number of nitrogens with zero attached hydrogens (tertiary/aromatic N) is 3. The van der Waals surface area contributed by atoms with Gasteiger partial charge in [0.25, 0.3) is 5.56 Å². The lowest BCUT2D eigenvalue weighted by molar-refractivity contribution is 0.174. The number of aromatic amines is 1. The highest BCUT2D eigenvalue weighted by Crippen LogP contribution is 2.15. The normalized spacial score (nSPS) is 17.3. The molecule has 1 aromatic carbocycles. The first-order valence-electron chi connectivity index (χ1n) is 9.44. The largest absolute Gasteiger partial charge is 0.383 e. The maximum atomic E-state index is 13.3. The van der Waals surface area contributed by atoms with Crippen molar-refractivity contribution in [1.29, 1.82) is 0 Å². The van der Waals surface area contributed by atoms with Gasteiger partial charge in [-0.2, -0.15) is 0 Å². The van der Waals surface area contributed by atoms with E-state index in [2.05, 4.69) is 21.0 Å². The van der Waals surface area contributed by atoms with Crippen LogP contribution in [-0.4, -0.2) is 66.0 Å². The van der Waals surface area contributed by atoms with E-state index in [4.69, 9.17) is 16.3 Å². The first-order valence-corrected chi connectivity index (χ1v) is 9.82. The van der Waals surface area contributed by atoms with E-state index in [-0.39, 0.29) is 5.56 Å². The molecule has 0 unspecified atom stereocenters. The molecule has 2 aliphatic rings. The summed E-state index contributed by atoms with van der Waals surface area (Å²) in [5.74, 6) is 0. The summed E-state index contributed by atoms with van der Waals surface area (Å²) in [6, 6.07) is 7.35. The van der Waals surface area contributed by atoms with Crippen LogP contribution in [0.4, 0.5) is 0 Å². The zero-order valence-electron chi connectivity index (χ0n) is 15.6. The van der Waals surface area contributed by atoms with Crippen molar-refractivity contribution in [3.63, 3.8) is 0 Å². The Morgan fingerprint density at radius 2 is 2.07 bits per heavy atom. The van der Waals surface area contributed by atoms with Crippen molar-refractivity contribution in [1.82, 2.24) is 19.6 Å². The van der Waals surface area contributed by atoms with Crippen LogP contribution in [0.2, 0.25) is 5.02 Å². The number of H-pyrrole nitrogens is 1. The van der Waals surface area contributed by atoms with Gasteiger partial charge in [-0.1, -0.05) is 17.7 Å². The number of ether oxygens (including phenoxy) is 1. The predicted octanol–water partition coefficient (Wildman–Crippen LogP) is 0.766. The molecule has 1 N–H and O–H groups in total. The summed E-state index contributed by atoms with van der Waals surface area (Å²) in [4.78, 5) is 18.0. The fraction of sp³-hybridized carbons (Fsp3) is 0.450. The molecule has 0 spiro atoms. The van der Waals surface area contributed by atoms with Crippen LogP contribution < -0.4 is 16.1 Å². The molecular weight excluding hydrogens is 364 g/mol. The van der Waals surface area contributed by atoms with Gasteiger partial charge in [-0.15, -0.1) is 0 Å². The average Bonchev–Trinajstić information content (AvgIpc) is 3.29. The van der Waals surface area contributed by atoms with Gasteiger partial charge in [0.05, 0.1) is 22.9 Å². The van der Waals surface area contributed by atoms with Crippen LogP contribution in [0.3, 0.4) is 0 Å². The minimum absolute atomic E-state index is 0.0279. The number of benzene rings is 1. The molecule has 0 aliphatic carbocycles. The maximum Gasteiger partial charge on any atom is 0.280 e. The summed E-state index contributed by atoms with van der Waals surface area (Å²) in [6.45, 7) is 5.17. The molecule has 4 rings (SSSR count). The second kappa shape index (κ2) is 7.92. The molecule has 0 radical (unpaired) electrons. The van der Waals surface area contributed by atoms with Gasteiger partial charge in [0.15, 0.2) is 0 Å². The Labute approximate surface area is 163 Å².